The van der Waals surface area contributed by atoms with Gasteiger partial charge in [-0.1, -0.05) is 20.8 Å². The molecule has 1 aromatic rings. The van der Waals surface area contributed by atoms with Gasteiger partial charge in [-0.15, -0.1) is 0 Å². The first-order valence-corrected chi connectivity index (χ1v) is 3.79. The van der Waals surface area contributed by atoms with Crippen molar-refractivity contribution in [1.29, 1.82) is 0 Å². The lowest BCUT2D eigenvalue weighted by molar-refractivity contribution is -0.00000297. The molecule has 0 bridgehead atoms. The van der Waals surface area contributed by atoms with E-state index in [0.717, 1.165) is 11.4 Å². The lowest BCUT2D eigenvalue weighted by Gasteiger charge is -2.13. The zero-order valence-corrected chi connectivity index (χ0v) is 8.44. The molecule has 0 aliphatic heterocycles. The zero-order chi connectivity index (χ0) is 8.48. The smallest absolute Gasteiger partial charge is 0.0678 e. The van der Waals surface area contributed by atoms with Gasteiger partial charge in [0.05, 0.1) is 5.69 Å². The van der Waals surface area contributed by atoms with E-state index in [-0.39, 0.29) is 17.8 Å². The van der Waals surface area contributed by atoms with Gasteiger partial charge in [0.2, 0.25) is 0 Å². The summed E-state index contributed by atoms with van der Waals surface area (Å²) in [5.74, 6) is 0. The second-order valence-corrected chi connectivity index (χ2v) is 3.73. The maximum absolute atomic E-state index is 5.44. The molecule has 3 N–H and O–H groups in total. The van der Waals surface area contributed by atoms with Crippen molar-refractivity contribution in [2.45, 2.75) is 32.7 Å². The normalized spacial score (nSPS) is 11.0. The first kappa shape index (κ1) is 11.5. The molecule has 1 heterocycles. The number of nitrogens with one attached hydrogen (secondary N) is 1. The lowest BCUT2D eigenvalue weighted by Crippen LogP contribution is -3.00. The molecule has 0 aromatic carbocycles. The van der Waals surface area contributed by atoms with Crippen LogP contribution < -0.4 is 18.1 Å². The Balaban J connectivity index is 0.00000121. The van der Waals surface area contributed by atoms with E-state index < -0.39 is 0 Å². The van der Waals surface area contributed by atoms with Gasteiger partial charge in [-0.05, 0) is 6.07 Å². The molecule has 0 spiro atoms. The molecule has 12 heavy (non-hydrogen) atoms. The highest BCUT2D eigenvalue weighted by Gasteiger charge is 2.16. The summed E-state index contributed by atoms with van der Waals surface area (Å²) in [6.07, 6.45) is 0. The number of rotatable bonds is 1. The second-order valence-electron chi connectivity index (χ2n) is 3.73. The third kappa shape index (κ3) is 2.50. The number of hydrogen-bond donors (Lipinski definition) is 2. The minimum atomic E-state index is 0. The van der Waals surface area contributed by atoms with E-state index in [1.54, 1.807) is 0 Å². The highest BCUT2D eigenvalue weighted by Crippen LogP contribution is 2.19. The van der Waals surface area contributed by atoms with Crippen molar-refractivity contribution in [3.63, 3.8) is 0 Å². The molecule has 0 saturated carbocycles. The van der Waals surface area contributed by atoms with Crippen molar-refractivity contribution in [2.75, 3.05) is 0 Å². The van der Waals surface area contributed by atoms with Gasteiger partial charge in [-0.2, -0.15) is 5.10 Å². The first-order chi connectivity index (χ1) is 5.04. The molecule has 0 radical (unpaired) electrons. The Bertz CT molecular complexity index is 237. The van der Waals surface area contributed by atoms with Crippen molar-refractivity contribution in [1.82, 2.24) is 10.2 Å². The minimum absolute atomic E-state index is 0. The highest BCUT2D eigenvalue weighted by molar-refractivity contribution is 5.15. The van der Waals surface area contributed by atoms with Gasteiger partial charge in [0, 0.05) is 17.7 Å². The Morgan fingerprint density at radius 2 is 2.08 bits per heavy atom. The topological polar surface area (TPSA) is 54.7 Å². The van der Waals surface area contributed by atoms with Crippen molar-refractivity contribution in [3.8, 4) is 0 Å². The van der Waals surface area contributed by atoms with Crippen molar-refractivity contribution < 1.29 is 12.4 Å². The van der Waals surface area contributed by atoms with Gasteiger partial charge in [0.1, 0.15) is 0 Å². The fraction of sp³-hybridized carbons (Fsp3) is 0.625. The van der Waals surface area contributed by atoms with Crippen LogP contribution in [0.4, 0.5) is 0 Å². The fourth-order valence-corrected chi connectivity index (χ4v) is 0.850. The third-order valence-corrected chi connectivity index (χ3v) is 1.62. The summed E-state index contributed by atoms with van der Waals surface area (Å²) < 4.78 is 0. The number of H-pyrrole nitrogens is 1. The summed E-state index contributed by atoms with van der Waals surface area (Å²) in [6, 6.07) is 2.01. The van der Waals surface area contributed by atoms with Crippen LogP contribution in [0.5, 0.6) is 0 Å². The number of aromatic amines is 1. The molecule has 0 unspecified atom stereocenters. The van der Waals surface area contributed by atoms with Crippen LogP contribution in [0.2, 0.25) is 0 Å². The average Bonchev–Trinajstić information content (AvgIpc) is 2.32. The van der Waals surface area contributed by atoms with Crippen LogP contribution in [0.25, 0.3) is 0 Å². The van der Waals surface area contributed by atoms with E-state index in [1.807, 2.05) is 6.07 Å². The van der Waals surface area contributed by atoms with Crippen LogP contribution in [0, 0.1) is 0 Å². The number of hydrogen-bond acceptors (Lipinski definition) is 2. The molecule has 0 aliphatic rings. The molecular formula is C8H15ClN3-. The van der Waals surface area contributed by atoms with E-state index in [2.05, 4.69) is 31.0 Å². The molecule has 0 saturated heterocycles. The fourth-order valence-electron chi connectivity index (χ4n) is 0.850. The van der Waals surface area contributed by atoms with E-state index in [1.165, 1.54) is 0 Å². The maximum Gasteiger partial charge on any atom is 0.0678 e. The number of halogens is 1. The lowest BCUT2D eigenvalue weighted by atomic mass is 9.92. The number of aromatic nitrogens is 2. The maximum atomic E-state index is 5.44. The molecule has 0 aliphatic carbocycles. The Morgan fingerprint density at radius 1 is 1.50 bits per heavy atom. The predicted molar refractivity (Wildman–Crippen MR) is 45.2 cm³/mol. The van der Waals surface area contributed by atoms with Gasteiger partial charge < -0.3 is 18.1 Å². The number of nitrogens with two attached hydrogens (primary N) is 1. The van der Waals surface area contributed by atoms with E-state index in [4.69, 9.17) is 5.73 Å². The molecule has 0 atom stereocenters. The minimum Gasteiger partial charge on any atom is -1.00 e. The zero-order valence-electron chi connectivity index (χ0n) is 7.69. The van der Waals surface area contributed by atoms with Crippen LogP contribution in [-0.4, -0.2) is 10.2 Å². The van der Waals surface area contributed by atoms with Gasteiger partial charge in [0.15, 0.2) is 0 Å². The molecule has 1 aromatic heterocycles. The second kappa shape index (κ2) is 3.92. The molecular weight excluding hydrogens is 174 g/mol. The molecule has 0 amide bonds. The molecule has 70 valence electrons. The van der Waals surface area contributed by atoms with Crippen LogP contribution in [0.15, 0.2) is 6.07 Å². The van der Waals surface area contributed by atoms with Gasteiger partial charge in [0.25, 0.3) is 0 Å². The third-order valence-electron chi connectivity index (χ3n) is 1.62. The Hall–Kier alpha value is -0.540. The molecule has 1 rings (SSSR count). The Morgan fingerprint density at radius 3 is 2.33 bits per heavy atom. The van der Waals surface area contributed by atoms with Crippen molar-refractivity contribution in [3.05, 3.63) is 17.5 Å². The summed E-state index contributed by atoms with van der Waals surface area (Å²) in [7, 11) is 0. The summed E-state index contributed by atoms with van der Waals surface area (Å²) in [6.45, 7) is 6.92. The van der Waals surface area contributed by atoms with Gasteiger partial charge in [-0.25, -0.2) is 0 Å². The highest BCUT2D eigenvalue weighted by atomic mass is 35.5. The van der Waals surface area contributed by atoms with Crippen molar-refractivity contribution in [2.24, 2.45) is 5.73 Å². The van der Waals surface area contributed by atoms with E-state index in [9.17, 15) is 0 Å². The quantitative estimate of drug-likeness (QED) is 0.545. The summed E-state index contributed by atoms with van der Waals surface area (Å²) in [4.78, 5) is 0. The standard InChI is InChI=1S/C8H15N3.ClH/c1-8(2,3)7-4-6(5-9)10-11-7;/h4H,5,9H2,1-3H3,(H,10,11);1H/p-1. The monoisotopic (exact) mass is 188 g/mol. The van der Waals surface area contributed by atoms with Crippen LogP contribution >= 0.6 is 0 Å². The summed E-state index contributed by atoms with van der Waals surface area (Å²) in [5.41, 5.74) is 7.61. The molecule has 3 nitrogen and oxygen atoms in total. The predicted octanol–water partition coefficient (Wildman–Crippen LogP) is -1.83. The van der Waals surface area contributed by atoms with Crippen molar-refractivity contribution >= 4 is 0 Å². The van der Waals surface area contributed by atoms with E-state index in [0.29, 0.717) is 6.54 Å². The molecule has 0 fully saturated rings. The Labute approximate surface area is 79.1 Å². The van der Waals surface area contributed by atoms with Gasteiger partial charge >= 0.3 is 0 Å². The van der Waals surface area contributed by atoms with E-state index >= 15 is 0 Å². The summed E-state index contributed by atoms with van der Waals surface area (Å²) in [5, 5.41) is 7.04. The van der Waals surface area contributed by atoms with Gasteiger partial charge in [-0.3, -0.25) is 5.10 Å². The van der Waals surface area contributed by atoms with Crippen LogP contribution in [-0.2, 0) is 12.0 Å². The summed E-state index contributed by atoms with van der Waals surface area (Å²) >= 11 is 0. The Kier molecular flexibility index (Phi) is 3.74. The molecule has 4 heteroatoms. The first-order valence-electron chi connectivity index (χ1n) is 3.79. The average molecular weight is 189 g/mol. The largest absolute Gasteiger partial charge is 1.00 e. The number of nitrogens with zero attached hydrogens (tertiary/aromatic N) is 1. The van der Waals surface area contributed by atoms with Crippen LogP contribution in [0.3, 0.4) is 0 Å². The van der Waals surface area contributed by atoms with Crippen LogP contribution in [0.1, 0.15) is 32.2 Å². The SMILES string of the molecule is CC(C)(C)c1cc(CN)[nH]n1.[Cl-].